The first-order valence-electron chi connectivity index (χ1n) is 13.7. The minimum Gasteiger partial charge on any atom is -0.481 e. The normalized spacial score (nSPS) is 23.8. The number of aliphatic carboxylic acids is 1. The van der Waals surface area contributed by atoms with Crippen LogP contribution in [0.2, 0.25) is 5.02 Å². The van der Waals surface area contributed by atoms with Gasteiger partial charge in [-0.05, 0) is 42.0 Å². The van der Waals surface area contributed by atoms with Crippen LogP contribution in [0.5, 0.6) is 0 Å². The SMILES string of the molecule is CCC(C)C(=O)OC1CC=C(NOCc2ccccc2Cl)C2=CC(=O)C(C)C(CCC(=O)CC(O)CC(=O)O)C21. The number of carbonyl (C=O) groups is 4. The van der Waals surface area contributed by atoms with Crippen LogP contribution in [0.15, 0.2) is 47.7 Å². The molecule has 0 saturated carbocycles. The number of carbonyl (C=O) groups excluding carboxylic acids is 3. The van der Waals surface area contributed by atoms with E-state index in [-0.39, 0.29) is 54.7 Å². The van der Waals surface area contributed by atoms with Gasteiger partial charge >= 0.3 is 11.9 Å². The number of hydrogen-bond acceptors (Lipinski definition) is 8. The lowest BCUT2D eigenvalue weighted by atomic mass is 9.65. The first-order chi connectivity index (χ1) is 19.0. The maximum absolute atomic E-state index is 13.1. The molecule has 9 nitrogen and oxygen atoms in total. The Morgan fingerprint density at radius 1 is 1.20 bits per heavy atom. The third-order valence-corrected chi connectivity index (χ3v) is 8.12. The highest BCUT2D eigenvalue weighted by molar-refractivity contribution is 6.31. The van der Waals surface area contributed by atoms with Crippen molar-refractivity contribution in [1.29, 1.82) is 0 Å². The Morgan fingerprint density at radius 3 is 2.60 bits per heavy atom. The van der Waals surface area contributed by atoms with Gasteiger partial charge in [0, 0.05) is 36.1 Å². The number of ketones is 2. The smallest absolute Gasteiger partial charge is 0.308 e. The number of hydroxylamine groups is 1. The number of ether oxygens (including phenoxy) is 1. The summed E-state index contributed by atoms with van der Waals surface area (Å²) in [6.45, 7) is 5.70. The number of fused-ring (bicyclic) bond motifs is 1. The topological polar surface area (TPSA) is 139 Å². The van der Waals surface area contributed by atoms with Crippen molar-refractivity contribution in [3.05, 3.63) is 58.3 Å². The predicted molar refractivity (Wildman–Crippen MR) is 148 cm³/mol. The number of nitrogens with one attached hydrogen (secondary N) is 1. The highest BCUT2D eigenvalue weighted by atomic mass is 35.5. The predicted octanol–water partition coefficient (Wildman–Crippen LogP) is 4.56. The Bertz CT molecular complexity index is 1160. The van der Waals surface area contributed by atoms with Crippen LogP contribution in [0, 0.1) is 23.7 Å². The van der Waals surface area contributed by atoms with E-state index in [1.54, 1.807) is 26.0 Å². The molecule has 0 heterocycles. The van der Waals surface area contributed by atoms with Crippen molar-refractivity contribution < 1.29 is 39.0 Å². The second-order valence-electron chi connectivity index (χ2n) is 10.6. The summed E-state index contributed by atoms with van der Waals surface area (Å²) in [7, 11) is 0. The lowest BCUT2D eigenvalue weighted by Gasteiger charge is -2.43. The quantitative estimate of drug-likeness (QED) is 0.215. The number of rotatable bonds is 14. The molecule has 0 saturated heterocycles. The van der Waals surface area contributed by atoms with E-state index in [2.05, 4.69) is 5.48 Å². The summed E-state index contributed by atoms with van der Waals surface area (Å²) in [5, 5.41) is 19.3. The van der Waals surface area contributed by atoms with Gasteiger partial charge in [0.25, 0.3) is 0 Å². The number of benzene rings is 1. The molecule has 40 heavy (non-hydrogen) atoms. The summed E-state index contributed by atoms with van der Waals surface area (Å²) < 4.78 is 5.97. The maximum atomic E-state index is 13.1. The van der Waals surface area contributed by atoms with E-state index >= 15 is 0 Å². The summed E-state index contributed by atoms with van der Waals surface area (Å²) >= 11 is 6.23. The summed E-state index contributed by atoms with van der Waals surface area (Å²) in [6, 6.07) is 7.29. The highest BCUT2D eigenvalue weighted by Gasteiger charge is 2.45. The Labute approximate surface area is 239 Å². The Kier molecular flexibility index (Phi) is 11.5. The molecule has 6 atom stereocenters. The third-order valence-electron chi connectivity index (χ3n) is 7.75. The van der Waals surface area contributed by atoms with Gasteiger partial charge in [0.1, 0.15) is 18.5 Å². The molecule has 0 radical (unpaired) electrons. The van der Waals surface area contributed by atoms with E-state index in [1.165, 1.54) is 0 Å². The van der Waals surface area contributed by atoms with Crippen LogP contribution in [-0.2, 0) is 35.4 Å². The number of Topliss-reactive ketones (excluding diaryl/α,β-unsaturated/α-hetero) is 1. The molecule has 0 bridgehead atoms. The molecule has 0 amide bonds. The van der Waals surface area contributed by atoms with Gasteiger partial charge in [0.05, 0.1) is 24.1 Å². The van der Waals surface area contributed by atoms with Crippen LogP contribution in [0.3, 0.4) is 0 Å². The number of carboxylic acids is 1. The molecule has 2 aliphatic rings. The molecule has 3 rings (SSSR count). The number of halogens is 1. The molecule has 0 aliphatic heterocycles. The molecule has 6 unspecified atom stereocenters. The molecule has 0 fully saturated rings. The van der Waals surface area contributed by atoms with Crippen LogP contribution in [0.4, 0.5) is 0 Å². The van der Waals surface area contributed by atoms with Gasteiger partial charge in [-0.3, -0.25) is 29.5 Å². The molecular formula is C30H38ClNO8. The first kappa shape index (κ1) is 31.5. The monoisotopic (exact) mass is 575 g/mol. The van der Waals surface area contributed by atoms with Crippen LogP contribution in [0.25, 0.3) is 0 Å². The zero-order chi connectivity index (χ0) is 29.4. The zero-order valence-electron chi connectivity index (χ0n) is 23.1. The van der Waals surface area contributed by atoms with Gasteiger partial charge in [0.15, 0.2) is 5.78 Å². The van der Waals surface area contributed by atoms with Crippen molar-refractivity contribution in [2.45, 2.75) is 78.1 Å². The fraction of sp³-hybridized carbons (Fsp3) is 0.533. The number of allylic oxidation sites excluding steroid dienone is 2. The number of hydrogen-bond donors (Lipinski definition) is 3. The lowest BCUT2D eigenvalue weighted by molar-refractivity contribution is -0.157. The highest BCUT2D eigenvalue weighted by Crippen LogP contribution is 2.45. The van der Waals surface area contributed by atoms with Crippen molar-refractivity contribution in [2.24, 2.45) is 23.7 Å². The van der Waals surface area contributed by atoms with Gasteiger partial charge in [-0.25, -0.2) is 0 Å². The van der Waals surface area contributed by atoms with E-state index < -0.39 is 30.5 Å². The Morgan fingerprint density at radius 2 is 1.93 bits per heavy atom. The number of carboxylic acid groups (broad SMARTS) is 1. The summed E-state index contributed by atoms with van der Waals surface area (Å²) in [5.41, 5.74) is 4.99. The van der Waals surface area contributed by atoms with Crippen molar-refractivity contribution in [3.8, 4) is 0 Å². The third kappa shape index (κ3) is 8.25. The number of esters is 1. The van der Waals surface area contributed by atoms with Gasteiger partial charge in [-0.15, -0.1) is 0 Å². The fourth-order valence-corrected chi connectivity index (χ4v) is 5.41. The molecule has 218 valence electrons. The number of aliphatic hydroxyl groups is 1. The largest absolute Gasteiger partial charge is 0.481 e. The average molecular weight is 576 g/mol. The van der Waals surface area contributed by atoms with E-state index in [0.717, 1.165) is 5.56 Å². The van der Waals surface area contributed by atoms with Crippen molar-refractivity contribution in [1.82, 2.24) is 5.48 Å². The van der Waals surface area contributed by atoms with Gasteiger partial charge in [-0.1, -0.05) is 56.6 Å². The van der Waals surface area contributed by atoms with Crippen LogP contribution in [0.1, 0.15) is 64.9 Å². The van der Waals surface area contributed by atoms with Crippen LogP contribution >= 0.6 is 11.6 Å². The second kappa shape index (κ2) is 14.6. The van der Waals surface area contributed by atoms with Gasteiger partial charge in [0.2, 0.25) is 0 Å². The van der Waals surface area contributed by atoms with Gasteiger partial charge < -0.3 is 14.9 Å². The Hall–Kier alpha value is -3.01. The molecule has 0 aromatic heterocycles. The molecular weight excluding hydrogens is 538 g/mol. The average Bonchev–Trinajstić information content (AvgIpc) is 2.90. The molecule has 3 N–H and O–H groups in total. The molecule has 1 aromatic carbocycles. The van der Waals surface area contributed by atoms with E-state index in [0.29, 0.717) is 35.6 Å². The summed E-state index contributed by atoms with van der Waals surface area (Å²) in [5.74, 6) is -3.30. The van der Waals surface area contributed by atoms with E-state index in [4.69, 9.17) is 26.3 Å². The summed E-state index contributed by atoms with van der Waals surface area (Å²) in [4.78, 5) is 55.0. The van der Waals surface area contributed by atoms with Crippen LogP contribution in [-0.4, -0.2) is 45.9 Å². The number of aliphatic hydroxyl groups excluding tert-OH is 1. The molecule has 10 heteroatoms. The second-order valence-corrected chi connectivity index (χ2v) is 11.0. The molecule has 2 aliphatic carbocycles. The maximum Gasteiger partial charge on any atom is 0.308 e. The minimum atomic E-state index is -1.27. The summed E-state index contributed by atoms with van der Waals surface area (Å²) in [6.07, 6.45) is 2.22. The fourth-order valence-electron chi connectivity index (χ4n) is 5.22. The van der Waals surface area contributed by atoms with Crippen molar-refractivity contribution in [3.63, 3.8) is 0 Å². The van der Waals surface area contributed by atoms with E-state index in [9.17, 15) is 24.3 Å². The minimum absolute atomic E-state index is 0.0598. The van der Waals surface area contributed by atoms with Crippen molar-refractivity contribution in [2.75, 3.05) is 0 Å². The Balaban J connectivity index is 1.81. The molecule has 0 spiro atoms. The standard InChI is InChI=1S/C30H38ClNO8/c1-4-17(2)30(38)40-27-12-11-25(32-39-16-19-7-5-6-8-24(19)31)23-15-26(35)18(3)22(29(23)27)10-9-20(33)13-21(34)14-28(36)37/h5-8,11,15,17-18,21-22,27,29,32,34H,4,9-10,12-14,16H2,1-3H3,(H,36,37). The van der Waals surface area contributed by atoms with E-state index in [1.807, 2.05) is 31.2 Å². The zero-order valence-corrected chi connectivity index (χ0v) is 23.9. The van der Waals surface area contributed by atoms with Gasteiger partial charge in [-0.2, -0.15) is 0 Å². The lowest BCUT2D eigenvalue weighted by Crippen LogP contribution is -2.45. The molecule has 1 aromatic rings. The van der Waals surface area contributed by atoms with Crippen LogP contribution < -0.4 is 5.48 Å². The first-order valence-corrected chi connectivity index (χ1v) is 14.1. The van der Waals surface area contributed by atoms with Crippen molar-refractivity contribution >= 4 is 35.1 Å².